The molecular formula is C11H7Br2ClN2. The molecule has 1 N–H and O–H groups in total. The van der Waals surface area contributed by atoms with Gasteiger partial charge in [0.15, 0.2) is 0 Å². The summed E-state index contributed by atoms with van der Waals surface area (Å²) in [5.41, 5.74) is 0.936. The summed E-state index contributed by atoms with van der Waals surface area (Å²) in [6.45, 7) is 0. The lowest BCUT2D eigenvalue weighted by molar-refractivity contribution is 1.29. The maximum atomic E-state index is 5.91. The molecule has 0 bridgehead atoms. The van der Waals surface area contributed by atoms with Gasteiger partial charge >= 0.3 is 0 Å². The van der Waals surface area contributed by atoms with E-state index in [0.29, 0.717) is 5.02 Å². The Hall–Kier alpha value is -0.580. The number of hydrogen-bond donors (Lipinski definition) is 1. The molecule has 1 aromatic heterocycles. The number of halogens is 3. The summed E-state index contributed by atoms with van der Waals surface area (Å²) in [5, 5.41) is 3.87. The van der Waals surface area contributed by atoms with Crippen molar-refractivity contribution in [2.45, 2.75) is 0 Å². The normalized spacial score (nSPS) is 10.2. The van der Waals surface area contributed by atoms with Gasteiger partial charge in [0.2, 0.25) is 0 Å². The first kappa shape index (κ1) is 11.9. The van der Waals surface area contributed by atoms with Gasteiger partial charge in [0.25, 0.3) is 0 Å². The summed E-state index contributed by atoms with van der Waals surface area (Å²) >= 11 is 12.6. The number of hydrogen-bond acceptors (Lipinski definition) is 2. The standard InChI is InChI=1S/C11H7Br2ClN2/c12-7-1-4-11(15-6-7)16-8-2-3-10(14)9(13)5-8/h1-6H,(H,15,16). The van der Waals surface area contributed by atoms with Gasteiger partial charge in [-0.3, -0.25) is 0 Å². The lowest BCUT2D eigenvalue weighted by atomic mass is 10.3. The Morgan fingerprint density at radius 2 is 1.94 bits per heavy atom. The monoisotopic (exact) mass is 360 g/mol. The molecule has 0 saturated carbocycles. The van der Waals surface area contributed by atoms with Crippen LogP contribution in [0, 0.1) is 0 Å². The minimum atomic E-state index is 0.689. The van der Waals surface area contributed by atoms with Crippen LogP contribution in [0.5, 0.6) is 0 Å². The van der Waals surface area contributed by atoms with Gasteiger partial charge in [0, 0.05) is 20.8 Å². The van der Waals surface area contributed by atoms with Crippen molar-refractivity contribution in [2.75, 3.05) is 5.32 Å². The Labute approximate surface area is 115 Å². The molecule has 0 aliphatic carbocycles. The van der Waals surface area contributed by atoms with Gasteiger partial charge in [-0.2, -0.15) is 0 Å². The fourth-order valence-corrected chi connectivity index (χ4v) is 1.90. The molecule has 0 unspecified atom stereocenters. The summed E-state index contributed by atoms with van der Waals surface area (Å²) in [6, 6.07) is 9.46. The predicted molar refractivity (Wildman–Crippen MR) is 74.4 cm³/mol. The highest BCUT2D eigenvalue weighted by Crippen LogP contribution is 2.27. The number of aromatic nitrogens is 1. The van der Waals surface area contributed by atoms with E-state index < -0.39 is 0 Å². The van der Waals surface area contributed by atoms with E-state index in [1.807, 2.05) is 30.3 Å². The number of nitrogens with one attached hydrogen (secondary N) is 1. The van der Waals surface area contributed by atoms with E-state index in [1.165, 1.54) is 0 Å². The molecule has 2 aromatic rings. The molecule has 2 nitrogen and oxygen atoms in total. The van der Waals surface area contributed by atoms with Crippen molar-refractivity contribution in [2.24, 2.45) is 0 Å². The van der Waals surface area contributed by atoms with E-state index in [2.05, 4.69) is 42.2 Å². The van der Waals surface area contributed by atoms with Gasteiger partial charge in [0.05, 0.1) is 5.02 Å². The van der Waals surface area contributed by atoms with E-state index in [1.54, 1.807) is 6.20 Å². The zero-order valence-electron chi connectivity index (χ0n) is 8.05. The highest BCUT2D eigenvalue weighted by Gasteiger charge is 2.00. The third-order valence-corrected chi connectivity index (χ3v) is 3.60. The average Bonchev–Trinajstić information content (AvgIpc) is 2.27. The number of nitrogens with zero attached hydrogens (tertiary/aromatic N) is 1. The van der Waals surface area contributed by atoms with Crippen molar-refractivity contribution in [3.63, 3.8) is 0 Å². The summed E-state index contributed by atoms with van der Waals surface area (Å²) in [4.78, 5) is 4.22. The van der Waals surface area contributed by atoms with Crippen LogP contribution in [0.1, 0.15) is 0 Å². The summed E-state index contributed by atoms with van der Waals surface area (Å²) in [6.07, 6.45) is 1.74. The van der Waals surface area contributed by atoms with Crippen LogP contribution < -0.4 is 5.32 Å². The minimum absolute atomic E-state index is 0.689. The summed E-state index contributed by atoms with van der Waals surface area (Å²) in [7, 11) is 0. The first-order chi connectivity index (χ1) is 7.65. The van der Waals surface area contributed by atoms with Crippen molar-refractivity contribution >= 4 is 55.0 Å². The molecule has 0 radical (unpaired) electrons. The largest absolute Gasteiger partial charge is 0.340 e. The molecule has 0 amide bonds. The van der Waals surface area contributed by atoms with Gasteiger partial charge in [-0.15, -0.1) is 0 Å². The van der Waals surface area contributed by atoms with Crippen molar-refractivity contribution in [1.82, 2.24) is 4.98 Å². The van der Waals surface area contributed by atoms with Gasteiger partial charge in [-0.05, 0) is 62.2 Å². The second-order valence-electron chi connectivity index (χ2n) is 3.12. The van der Waals surface area contributed by atoms with Crippen molar-refractivity contribution in [1.29, 1.82) is 0 Å². The molecule has 0 saturated heterocycles. The molecule has 0 spiro atoms. The molecular weight excluding hydrogens is 355 g/mol. The van der Waals surface area contributed by atoms with E-state index in [0.717, 1.165) is 20.5 Å². The van der Waals surface area contributed by atoms with E-state index in [9.17, 15) is 0 Å². The fourth-order valence-electron chi connectivity index (χ4n) is 1.17. The molecule has 1 heterocycles. The van der Waals surface area contributed by atoms with Crippen LogP contribution in [-0.2, 0) is 0 Å². The zero-order valence-corrected chi connectivity index (χ0v) is 12.0. The maximum absolute atomic E-state index is 5.91. The Bertz CT molecular complexity index is 500. The smallest absolute Gasteiger partial charge is 0.130 e. The van der Waals surface area contributed by atoms with E-state index in [-0.39, 0.29) is 0 Å². The van der Waals surface area contributed by atoms with Gasteiger partial charge in [-0.25, -0.2) is 4.98 Å². The lowest BCUT2D eigenvalue weighted by Crippen LogP contribution is -1.92. The fraction of sp³-hybridized carbons (Fsp3) is 0. The summed E-state index contributed by atoms with van der Waals surface area (Å²) < 4.78 is 1.81. The highest BCUT2D eigenvalue weighted by molar-refractivity contribution is 9.10. The first-order valence-corrected chi connectivity index (χ1v) is 6.45. The van der Waals surface area contributed by atoms with Crippen molar-refractivity contribution in [3.8, 4) is 0 Å². The quantitative estimate of drug-likeness (QED) is 0.813. The van der Waals surface area contributed by atoms with Gasteiger partial charge < -0.3 is 5.32 Å². The Morgan fingerprint density at radius 3 is 2.56 bits per heavy atom. The molecule has 0 aliphatic heterocycles. The van der Waals surface area contributed by atoms with Crippen LogP contribution in [0.4, 0.5) is 11.5 Å². The Kier molecular flexibility index (Phi) is 3.84. The molecule has 5 heteroatoms. The summed E-state index contributed by atoms with van der Waals surface area (Å²) in [5.74, 6) is 0.789. The first-order valence-electron chi connectivity index (χ1n) is 4.49. The molecule has 0 fully saturated rings. The topological polar surface area (TPSA) is 24.9 Å². The van der Waals surface area contributed by atoms with Crippen LogP contribution in [0.2, 0.25) is 5.02 Å². The zero-order chi connectivity index (χ0) is 11.5. The number of rotatable bonds is 2. The Morgan fingerprint density at radius 1 is 1.12 bits per heavy atom. The predicted octanol–water partition coefficient (Wildman–Crippen LogP) is 5.00. The SMILES string of the molecule is Clc1ccc(Nc2ccc(Br)cn2)cc1Br. The van der Waals surface area contributed by atoms with Crippen LogP contribution in [0.3, 0.4) is 0 Å². The van der Waals surface area contributed by atoms with Crippen molar-refractivity contribution in [3.05, 3.63) is 50.5 Å². The van der Waals surface area contributed by atoms with Crippen LogP contribution in [0.15, 0.2) is 45.5 Å². The lowest BCUT2D eigenvalue weighted by Gasteiger charge is -2.06. The number of pyridine rings is 1. The molecule has 0 atom stereocenters. The third kappa shape index (κ3) is 2.97. The molecule has 1 aromatic carbocycles. The molecule has 82 valence electrons. The number of anilines is 2. The second kappa shape index (κ2) is 5.17. The highest BCUT2D eigenvalue weighted by atomic mass is 79.9. The Balaban J connectivity index is 2.20. The van der Waals surface area contributed by atoms with Crippen LogP contribution >= 0.6 is 43.5 Å². The van der Waals surface area contributed by atoms with Gasteiger partial charge in [0.1, 0.15) is 5.82 Å². The molecule has 16 heavy (non-hydrogen) atoms. The second-order valence-corrected chi connectivity index (χ2v) is 5.29. The minimum Gasteiger partial charge on any atom is -0.340 e. The third-order valence-electron chi connectivity index (χ3n) is 1.92. The van der Waals surface area contributed by atoms with Gasteiger partial charge in [-0.1, -0.05) is 11.6 Å². The van der Waals surface area contributed by atoms with E-state index in [4.69, 9.17) is 11.6 Å². The number of benzene rings is 1. The average molecular weight is 362 g/mol. The van der Waals surface area contributed by atoms with Crippen molar-refractivity contribution < 1.29 is 0 Å². The van der Waals surface area contributed by atoms with Crippen LogP contribution in [0.25, 0.3) is 0 Å². The molecule has 2 rings (SSSR count). The van der Waals surface area contributed by atoms with Crippen LogP contribution in [-0.4, -0.2) is 4.98 Å². The molecule has 0 aliphatic rings. The van der Waals surface area contributed by atoms with E-state index >= 15 is 0 Å². The maximum Gasteiger partial charge on any atom is 0.130 e.